The number of para-hydroxylation sites is 1. The van der Waals surface area contributed by atoms with E-state index in [1.807, 2.05) is 30.3 Å². The van der Waals surface area contributed by atoms with Crippen LogP contribution < -0.4 is 15.4 Å². The molecule has 0 radical (unpaired) electrons. The van der Waals surface area contributed by atoms with Crippen molar-refractivity contribution in [1.29, 1.82) is 0 Å². The summed E-state index contributed by atoms with van der Waals surface area (Å²) in [5, 5.41) is 7.83. The predicted molar refractivity (Wildman–Crippen MR) is 154 cm³/mol. The van der Waals surface area contributed by atoms with Gasteiger partial charge in [0.15, 0.2) is 0 Å². The minimum atomic E-state index is -3.47. The van der Waals surface area contributed by atoms with E-state index >= 15 is 0 Å². The topological polar surface area (TPSA) is 96.0 Å². The molecule has 9 heteroatoms. The average molecular weight is 548 g/mol. The largest absolute Gasteiger partial charge is 0.369 e. The van der Waals surface area contributed by atoms with Crippen LogP contribution in [0.5, 0.6) is 0 Å². The number of rotatable bonds is 11. The van der Waals surface area contributed by atoms with Crippen LogP contribution in [0.1, 0.15) is 31.2 Å². The van der Waals surface area contributed by atoms with Crippen molar-refractivity contribution < 1.29 is 12.8 Å². The second kappa shape index (κ2) is 12.5. The van der Waals surface area contributed by atoms with Crippen LogP contribution in [-0.2, 0) is 16.4 Å². The van der Waals surface area contributed by atoms with Crippen molar-refractivity contribution >= 4 is 32.7 Å². The number of nitrogens with zero attached hydrogens (tertiary/aromatic N) is 2. The van der Waals surface area contributed by atoms with Crippen molar-refractivity contribution in [2.24, 2.45) is 11.8 Å². The number of hydrogen-bond donors (Lipinski definition) is 3. The molecular weight excluding hydrogens is 513 g/mol. The number of nitrogens with one attached hydrogen (secondary N) is 3. The highest BCUT2D eigenvalue weighted by Crippen LogP contribution is 2.29. The smallest absolute Gasteiger partial charge is 0.240 e. The number of hydrogen-bond acceptors (Lipinski definition) is 6. The van der Waals surface area contributed by atoms with Crippen LogP contribution in [-0.4, -0.2) is 38.0 Å². The number of aromatic nitrogens is 2. The Morgan fingerprint density at radius 1 is 0.769 bits per heavy atom. The second-order valence-electron chi connectivity index (χ2n) is 10.1. The first-order valence-electron chi connectivity index (χ1n) is 13.5. The summed E-state index contributed by atoms with van der Waals surface area (Å²) in [6.45, 7) is 1.91. The summed E-state index contributed by atoms with van der Waals surface area (Å²) in [6.07, 6.45) is 4.78. The number of sulfonamides is 1. The maximum absolute atomic E-state index is 13.2. The third kappa shape index (κ3) is 7.30. The summed E-state index contributed by atoms with van der Waals surface area (Å²) in [5.74, 6) is 1.96. The van der Waals surface area contributed by atoms with Crippen molar-refractivity contribution in [2.75, 3.05) is 30.3 Å². The van der Waals surface area contributed by atoms with Crippen molar-refractivity contribution in [3.05, 3.63) is 90.2 Å². The van der Waals surface area contributed by atoms with Crippen LogP contribution in [0, 0.1) is 17.7 Å². The molecule has 1 fully saturated rings. The zero-order valence-electron chi connectivity index (χ0n) is 21.8. The molecule has 0 atom stereocenters. The summed E-state index contributed by atoms with van der Waals surface area (Å²) in [4.78, 5) is 9.78. The number of anilines is 2. The molecule has 1 aromatic heterocycles. The van der Waals surface area contributed by atoms with E-state index < -0.39 is 10.0 Å². The summed E-state index contributed by atoms with van der Waals surface area (Å²) < 4.78 is 41.0. The van der Waals surface area contributed by atoms with Gasteiger partial charge in [-0.05, 0) is 85.9 Å². The summed E-state index contributed by atoms with van der Waals surface area (Å²) >= 11 is 0. The van der Waals surface area contributed by atoms with Crippen molar-refractivity contribution in [3.8, 4) is 0 Å². The maximum atomic E-state index is 13.2. The van der Waals surface area contributed by atoms with E-state index in [0.29, 0.717) is 35.8 Å². The van der Waals surface area contributed by atoms with Crippen molar-refractivity contribution in [1.82, 2.24) is 14.7 Å². The van der Waals surface area contributed by atoms with Gasteiger partial charge in [0.2, 0.25) is 16.0 Å². The van der Waals surface area contributed by atoms with Gasteiger partial charge < -0.3 is 10.6 Å². The Balaban J connectivity index is 1.13. The molecule has 3 N–H and O–H groups in total. The zero-order chi connectivity index (χ0) is 27.1. The third-order valence-electron chi connectivity index (χ3n) is 7.35. The van der Waals surface area contributed by atoms with Crippen LogP contribution >= 0.6 is 0 Å². The minimum absolute atomic E-state index is 0.231. The van der Waals surface area contributed by atoms with Crippen LogP contribution in [0.25, 0.3) is 10.9 Å². The van der Waals surface area contributed by atoms with Gasteiger partial charge in [-0.2, -0.15) is 4.98 Å². The third-order valence-corrected chi connectivity index (χ3v) is 8.79. The van der Waals surface area contributed by atoms with Gasteiger partial charge in [0, 0.05) is 25.0 Å². The lowest BCUT2D eigenvalue weighted by Crippen LogP contribution is -2.32. The van der Waals surface area contributed by atoms with Crippen LogP contribution in [0.3, 0.4) is 0 Å². The molecule has 1 saturated carbocycles. The monoisotopic (exact) mass is 547 g/mol. The van der Waals surface area contributed by atoms with Crippen molar-refractivity contribution in [3.63, 3.8) is 0 Å². The van der Waals surface area contributed by atoms with Crippen molar-refractivity contribution in [2.45, 2.75) is 37.0 Å². The fraction of sp³-hybridized carbons (Fsp3) is 0.333. The lowest BCUT2D eigenvalue weighted by Gasteiger charge is -2.28. The van der Waals surface area contributed by atoms with E-state index in [1.54, 1.807) is 36.4 Å². The first-order chi connectivity index (χ1) is 19.0. The standard InChI is InChI=1S/C30H34FN5O2S/c31-25-16-14-22(15-17-25)18-19-32-29-27-8-4-5-9-28(27)35-30(36-29)33-20-23-10-12-24(13-11-23)21-34-39(37,38)26-6-2-1-3-7-26/h1-9,14-17,23-24,34H,10-13,18-21H2,(H2,32,33,35,36)/t23-,24-. The van der Waals surface area contributed by atoms with Gasteiger partial charge in [-0.1, -0.05) is 42.5 Å². The Hall–Kier alpha value is -3.56. The molecular formula is C30H34FN5O2S. The van der Waals surface area contributed by atoms with Gasteiger partial charge in [0.1, 0.15) is 11.6 Å². The van der Waals surface area contributed by atoms with E-state index in [0.717, 1.165) is 60.9 Å². The molecule has 0 amide bonds. The fourth-order valence-electron chi connectivity index (χ4n) is 5.05. The first kappa shape index (κ1) is 27.0. The molecule has 0 saturated heterocycles. The van der Waals surface area contributed by atoms with Crippen LogP contribution in [0.15, 0.2) is 83.8 Å². The Labute approximate surface area is 229 Å². The highest BCUT2D eigenvalue weighted by atomic mass is 32.2. The van der Waals surface area contributed by atoms with Gasteiger partial charge in [-0.15, -0.1) is 0 Å². The molecule has 0 spiro atoms. The molecule has 5 rings (SSSR count). The lowest BCUT2D eigenvalue weighted by atomic mass is 9.82. The van der Waals surface area contributed by atoms with Gasteiger partial charge in [0.25, 0.3) is 0 Å². The Bertz CT molecular complexity index is 1470. The quantitative estimate of drug-likeness (QED) is 0.226. The van der Waals surface area contributed by atoms with E-state index in [1.165, 1.54) is 12.1 Å². The molecule has 204 valence electrons. The summed E-state index contributed by atoms with van der Waals surface area (Å²) in [6, 6.07) is 23.0. The predicted octanol–water partition coefficient (Wildman–Crippen LogP) is 5.62. The van der Waals surface area contributed by atoms with E-state index in [2.05, 4.69) is 15.4 Å². The summed E-state index contributed by atoms with van der Waals surface area (Å²) in [7, 11) is -3.47. The van der Waals surface area contributed by atoms with Gasteiger partial charge in [0.05, 0.1) is 10.4 Å². The maximum Gasteiger partial charge on any atom is 0.240 e. The number of fused-ring (bicyclic) bond motifs is 1. The molecule has 0 unspecified atom stereocenters. The van der Waals surface area contributed by atoms with E-state index in [9.17, 15) is 12.8 Å². The van der Waals surface area contributed by atoms with Gasteiger partial charge >= 0.3 is 0 Å². The molecule has 7 nitrogen and oxygen atoms in total. The first-order valence-corrected chi connectivity index (χ1v) is 15.0. The normalized spacial score (nSPS) is 17.7. The lowest BCUT2D eigenvalue weighted by molar-refractivity contribution is 0.284. The molecule has 4 aromatic rings. The molecule has 0 bridgehead atoms. The van der Waals surface area contributed by atoms with Gasteiger partial charge in [-0.3, -0.25) is 0 Å². The highest BCUT2D eigenvalue weighted by Gasteiger charge is 2.23. The highest BCUT2D eigenvalue weighted by molar-refractivity contribution is 7.89. The van der Waals surface area contributed by atoms with Crippen LogP contribution in [0.2, 0.25) is 0 Å². The number of benzene rings is 3. The SMILES string of the molecule is O=S(=O)(NC[C@H]1CC[C@H](CNc2nc(NCCc3ccc(F)cc3)c3ccccc3n2)CC1)c1ccccc1. The average Bonchev–Trinajstić information content (AvgIpc) is 2.97. The second-order valence-corrected chi connectivity index (χ2v) is 11.9. The molecule has 1 heterocycles. The van der Waals surface area contributed by atoms with E-state index in [4.69, 9.17) is 9.97 Å². The Morgan fingerprint density at radius 3 is 2.18 bits per heavy atom. The van der Waals surface area contributed by atoms with E-state index in [-0.39, 0.29) is 5.82 Å². The molecule has 3 aromatic carbocycles. The molecule has 39 heavy (non-hydrogen) atoms. The fourth-order valence-corrected chi connectivity index (χ4v) is 6.19. The summed E-state index contributed by atoms with van der Waals surface area (Å²) in [5.41, 5.74) is 1.93. The molecule has 1 aliphatic rings. The minimum Gasteiger partial charge on any atom is -0.369 e. The van der Waals surface area contributed by atoms with Crippen LogP contribution in [0.4, 0.5) is 16.2 Å². The Kier molecular flexibility index (Phi) is 8.68. The molecule has 0 aliphatic heterocycles. The zero-order valence-corrected chi connectivity index (χ0v) is 22.6. The Morgan fingerprint density at radius 2 is 1.44 bits per heavy atom. The molecule has 1 aliphatic carbocycles. The number of halogens is 1. The van der Waals surface area contributed by atoms with Gasteiger partial charge in [-0.25, -0.2) is 22.5 Å².